The smallest absolute Gasteiger partial charge is 0.0702 e. The van der Waals surface area contributed by atoms with Gasteiger partial charge in [0.25, 0.3) is 0 Å². The maximum absolute atomic E-state index is 9.41. The Morgan fingerprint density at radius 1 is 1.05 bits per heavy atom. The summed E-state index contributed by atoms with van der Waals surface area (Å²) in [5.41, 5.74) is 3.24. The van der Waals surface area contributed by atoms with Gasteiger partial charge in [-0.1, -0.05) is 24.3 Å². The third kappa shape index (κ3) is 2.37. The number of hydrogen-bond acceptors (Lipinski definition) is 2. The maximum atomic E-state index is 9.41. The van der Waals surface area contributed by atoms with Gasteiger partial charge >= 0.3 is 0 Å². The molecule has 0 bridgehead atoms. The van der Waals surface area contributed by atoms with Gasteiger partial charge < -0.3 is 9.67 Å². The summed E-state index contributed by atoms with van der Waals surface area (Å²) >= 11 is 0. The van der Waals surface area contributed by atoms with E-state index in [1.165, 1.54) is 5.52 Å². The minimum Gasteiger partial charge on any atom is -0.392 e. The number of benzene rings is 1. The number of hydrogen-bond donors (Lipinski definition) is 1. The Balaban J connectivity index is 1.89. The molecule has 0 aliphatic rings. The summed E-state index contributed by atoms with van der Waals surface area (Å²) in [4.78, 5) is 4.34. The molecule has 3 nitrogen and oxygen atoms in total. The van der Waals surface area contributed by atoms with Crippen LogP contribution in [0.15, 0.2) is 54.9 Å². The van der Waals surface area contributed by atoms with Crippen molar-refractivity contribution in [2.75, 3.05) is 0 Å². The molecule has 1 aromatic carbocycles. The molecule has 2 heterocycles. The van der Waals surface area contributed by atoms with E-state index in [1.54, 1.807) is 0 Å². The van der Waals surface area contributed by atoms with Gasteiger partial charge in [0, 0.05) is 47.5 Å². The van der Waals surface area contributed by atoms with E-state index in [0.29, 0.717) is 0 Å². The summed E-state index contributed by atoms with van der Waals surface area (Å²) in [5.74, 6) is 0. The lowest BCUT2D eigenvalue weighted by Crippen LogP contribution is -2.01. The standard InChI is InChI=1S/C16H16N2O/c19-12-13-11-18(16-7-2-1-6-15(13)16)10-8-14-5-3-4-9-17-14/h1-7,9,11,19H,8,10,12H2. The van der Waals surface area contributed by atoms with Gasteiger partial charge in [0.1, 0.15) is 0 Å². The third-order valence-electron chi connectivity index (χ3n) is 3.38. The number of nitrogens with zero attached hydrogens (tertiary/aromatic N) is 2. The van der Waals surface area contributed by atoms with Crippen LogP contribution in [0.1, 0.15) is 11.3 Å². The van der Waals surface area contributed by atoms with Crippen LogP contribution in [0.2, 0.25) is 0 Å². The largest absolute Gasteiger partial charge is 0.392 e. The van der Waals surface area contributed by atoms with Crippen molar-refractivity contribution in [3.8, 4) is 0 Å². The van der Waals surface area contributed by atoms with Gasteiger partial charge in [-0.2, -0.15) is 0 Å². The minimum atomic E-state index is 0.0805. The number of fused-ring (bicyclic) bond motifs is 1. The zero-order chi connectivity index (χ0) is 13.1. The zero-order valence-corrected chi connectivity index (χ0v) is 10.7. The molecule has 0 saturated heterocycles. The average molecular weight is 252 g/mol. The summed E-state index contributed by atoms with van der Waals surface area (Å²) in [6, 6.07) is 14.2. The Morgan fingerprint density at radius 3 is 2.68 bits per heavy atom. The summed E-state index contributed by atoms with van der Waals surface area (Å²) in [6.07, 6.45) is 4.75. The van der Waals surface area contributed by atoms with Crippen LogP contribution < -0.4 is 0 Å². The van der Waals surface area contributed by atoms with Gasteiger partial charge in [-0.25, -0.2) is 0 Å². The van der Waals surface area contributed by atoms with Crippen molar-refractivity contribution in [3.63, 3.8) is 0 Å². The van der Waals surface area contributed by atoms with Crippen molar-refractivity contribution >= 4 is 10.9 Å². The molecule has 2 aromatic heterocycles. The van der Waals surface area contributed by atoms with Crippen molar-refractivity contribution in [3.05, 3.63) is 66.1 Å². The summed E-state index contributed by atoms with van der Waals surface area (Å²) in [6.45, 7) is 0.953. The fourth-order valence-electron chi connectivity index (χ4n) is 2.41. The van der Waals surface area contributed by atoms with Crippen molar-refractivity contribution in [1.29, 1.82) is 0 Å². The van der Waals surface area contributed by atoms with Crippen LogP contribution in [-0.2, 0) is 19.6 Å². The molecule has 0 spiro atoms. The normalized spacial score (nSPS) is 11.0. The second-order valence-electron chi connectivity index (χ2n) is 4.59. The molecule has 0 radical (unpaired) electrons. The first kappa shape index (κ1) is 11.9. The molecule has 0 saturated carbocycles. The molecule has 3 aromatic rings. The van der Waals surface area contributed by atoms with Gasteiger partial charge in [0.2, 0.25) is 0 Å². The van der Waals surface area contributed by atoms with Crippen LogP contribution in [0, 0.1) is 0 Å². The summed E-state index contributed by atoms with van der Waals surface area (Å²) in [7, 11) is 0. The van der Waals surface area contributed by atoms with Crippen LogP contribution in [0.4, 0.5) is 0 Å². The van der Waals surface area contributed by atoms with E-state index in [1.807, 2.05) is 42.7 Å². The Kier molecular flexibility index (Phi) is 3.29. The van der Waals surface area contributed by atoms with Crippen LogP contribution in [0.5, 0.6) is 0 Å². The Morgan fingerprint density at radius 2 is 1.89 bits per heavy atom. The quantitative estimate of drug-likeness (QED) is 0.775. The van der Waals surface area contributed by atoms with Crippen LogP contribution in [0.25, 0.3) is 10.9 Å². The predicted molar refractivity (Wildman–Crippen MR) is 75.8 cm³/mol. The van der Waals surface area contributed by atoms with E-state index < -0.39 is 0 Å². The topological polar surface area (TPSA) is 38.0 Å². The molecular formula is C16H16N2O. The van der Waals surface area contributed by atoms with E-state index >= 15 is 0 Å². The number of aliphatic hydroxyl groups excluding tert-OH is 1. The zero-order valence-electron chi connectivity index (χ0n) is 10.7. The monoisotopic (exact) mass is 252 g/mol. The van der Waals surface area contributed by atoms with E-state index in [9.17, 15) is 5.11 Å². The molecule has 19 heavy (non-hydrogen) atoms. The highest BCUT2D eigenvalue weighted by Gasteiger charge is 2.07. The van der Waals surface area contributed by atoms with Gasteiger partial charge in [-0.15, -0.1) is 0 Å². The highest BCUT2D eigenvalue weighted by atomic mass is 16.3. The average Bonchev–Trinajstić information content (AvgIpc) is 2.84. The lowest BCUT2D eigenvalue weighted by molar-refractivity contribution is 0.283. The number of aryl methyl sites for hydroxylation is 2. The number of aromatic nitrogens is 2. The molecule has 3 rings (SSSR count). The number of para-hydroxylation sites is 1. The van der Waals surface area contributed by atoms with Gasteiger partial charge in [-0.3, -0.25) is 4.98 Å². The molecular weight excluding hydrogens is 236 g/mol. The van der Waals surface area contributed by atoms with Crippen molar-refractivity contribution in [2.24, 2.45) is 0 Å². The minimum absolute atomic E-state index is 0.0805. The van der Waals surface area contributed by atoms with Gasteiger partial charge in [-0.05, 0) is 18.2 Å². The van der Waals surface area contributed by atoms with Crippen molar-refractivity contribution in [1.82, 2.24) is 9.55 Å². The number of rotatable bonds is 4. The van der Waals surface area contributed by atoms with Crippen LogP contribution in [0.3, 0.4) is 0 Å². The summed E-state index contributed by atoms with van der Waals surface area (Å²) in [5, 5.41) is 10.5. The maximum Gasteiger partial charge on any atom is 0.0702 e. The molecule has 96 valence electrons. The van der Waals surface area contributed by atoms with Crippen molar-refractivity contribution < 1.29 is 5.11 Å². The van der Waals surface area contributed by atoms with E-state index in [0.717, 1.165) is 29.6 Å². The predicted octanol–water partition coefficient (Wildman–Crippen LogP) is 2.77. The fourth-order valence-corrected chi connectivity index (χ4v) is 2.41. The molecule has 0 fully saturated rings. The lowest BCUT2D eigenvalue weighted by Gasteiger charge is -2.04. The second-order valence-corrected chi connectivity index (χ2v) is 4.59. The number of aliphatic hydroxyl groups is 1. The molecule has 0 atom stereocenters. The highest BCUT2D eigenvalue weighted by Crippen LogP contribution is 2.21. The lowest BCUT2D eigenvalue weighted by atomic mass is 10.2. The van der Waals surface area contributed by atoms with E-state index in [4.69, 9.17) is 0 Å². The van der Waals surface area contributed by atoms with Gasteiger partial charge in [0.05, 0.1) is 6.61 Å². The molecule has 0 aliphatic carbocycles. The molecule has 3 heteroatoms. The summed E-state index contributed by atoms with van der Waals surface area (Å²) < 4.78 is 2.19. The van der Waals surface area contributed by atoms with E-state index in [2.05, 4.69) is 21.7 Å². The SMILES string of the molecule is OCc1cn(CCc2ccccn2)c2ccccc12. The van der Waals surface area contributed by atoms with Crippen LogP contribution >= 0.6 is 0 Å². The molecule has 0 amide bonds. The Hall–Kier alpha value is -2.13. The number of pyridine rings is 1. The molecule has 0 aliphatic heterocycles. The Labute approximate surface area is 112 Å². The Bertz CT molecular complexity index is 674. The first-order valence-corrected chi connectivity index (χ1v) is 6.46. The van der Waals surface area contributed by atoms with Gasteiger partial charge in [0.15, 0.2) is 0 Å². The fraction of sp³-hybridized carbons (Fsp3) is 0.188. The molecule has 0 unspecified atom stereocenters. The van der Waals surface area contributed by atoms with Crippen molar-refractivity contribution in [2.45, 2.75) is 19.6 Å². The first-order chi connectivity index (χ1) is 9.38. The second kappa shape index (κ2) is 5.24. The highest BCUT2D eigenvalue weighted by molar-refractivity contribution is 5.83. The van der Waals surface area contributed by atoms with E-state index in [-0.39, 0.29) is 6.61 Å². The molecule has 1 N–H and O–H groups in total. The first-order valence-electron chi connectivity index (χ1n) is 6.46. The third-order valence-corrected chi connectivity index (χ3v) is 3.38. The van der Waals surface area contributed by atoms with Crippen LogP contribution in [-0.4, -0.2) is 14.7 Å².